The highest BCUT2D eigenvalue weighted by atomic mass is 19.3. The van der Waals surface area contributed by atoms with Crippen LogP contribution in [0.5, 0.6) is 5.75 Å². The van der Waals surface area contributed by atoms with Gasteiger partial charge in [0.2, 0.25) is 5.82 Å². The molecule has 4 rings (SSSR count). The molecule has 0 radical (unpaired) electrons. The lowest BCUT2D eigenvalue weighted by atomic mass is 9.99. The first-order valence-electron chi connectivity index (χ1n) is 9.54. The minimum absolute atomic E-state index is 0.0575. The van der Waals surface area contributed by atoms with Gasteiger partial charge in [-0.05, 0) is 41.3 Å². The highest BCUT2D eigenvalue weighted by Crippen LogP contribution is 2.37. The summed E-state index contributed by atoms with van der Waals surface area (Å²) < 4.78 is 127. The van der Waals surface area contributed by atoms with Crippen LogP contribution in [0.4, 0.5) is 35.1 Å². The van der Waals surface area contributed by atoms with Crippen molar-refractivity contribution in [1.29, 1.82) is 0 Å². The van der Waals surface area contributed by atoms with Gasteiger partial charge in [0.15, 0.2) is 29.0 Å². The molecule has 0 atom stereocenters. The molecule has 0 bridgehead atoms. The van der Waals surface area contributed by atoms with Crippen molar-refractivity contribution in [3.8, 4) is 16.9 Å². The Morgan fingerprint density at radius 3 is 2.15 bits per heavy atom. The van der Waals surface area contributed by atoms with E-state index in [4.69, 9.17) is 9.47 Å². The number of hydrogen-bond acceptors (Lipinski definition) is 3. The van der Waals surface area contributed by atoms with E-state index in [9.17, 15) is 35.1 Å². The lowest BCUT2D eigenvalue weighted by molar-refractivity contribution is -0.351. The molecular weight excluding hydrogens is 464 g/mol. The van der Waals surface area contributed by atoms with E-state index in [0.717, 1.165) is 12.1 Å². The quantitative estimate of drug-likeness (QED) is 0.325. The van der Waals surface area contributed by atoms with E-state index in [1.165, 1.54) is 0 Å². The molecule has 0 spiro atoms. The van der Waals surface area contributed by atoms with Crippen LogP contribution in [0.3, 0.4) is 0 Å². The Kier molecular flexibility index (Phi) is 5.95. The van der Waals surface area contributed by atoms with E-state index in [-0.39, 0.29) is 24.7 Å². The van der Waals surface area contributed by atoms with Gasteiger partial charge in [0, 0.05) is 11.5 Å². The maximum Gasteiger partial charge on any atom is 0.451 e. The predicted molar refractivity (Wildman–Crippen MR) is 99.6 cm³/mol. The molecule has 0 aromatic heterocycles. The van der Waals surface area contributed by atoms with E-state index in [1.54, 1.807) is 6.92 Å². The largest absolute Gasteiger partial charge is 0.451 e. The summed E-state index contributed by atoms with van der Waals surface area (Å²) in [5.74, 6) is -11.5. The van der Waals surface area contributed by atoms with Crippen LogP contribution < -0.4 is 4.74 Å². The number of ether oxygens (including phenoxy) is 3. The third-order valence-corrected chi connectivity index (χ3v) is 4.97. The molecule has 1 aliphatic heterocycles. The first kappa shape index (κ1) is 23.2. The molecule has 0 aliphatic carbocycles. The fraction of sp³-hybridized carbons (Fsp3) is 0.273. The summed E-state index contributed by atoms with van der Waals surface area (Å²) in [5, 5.41) is -1.35. The van der Waals surface area contributed by atoms with Crippen molar-refractivity contribution in [3.63, 3.8) is 0 Å². The second-order valence-corrected chi connectivity index (χ2v) is 7.55. The molecule has 33 heavy (non-hydrogen) atoms. The Balaban J connectivity index is 1.69. The normalized spacial score (nSPS) is 19.2. The first-order chi connectivity index (χ1) is 15.5. The topological polar surface area (TPSA) is 27.7 Å². The van der Waals surface area contributed by atoms with E-state index < -0.39 is 69.4 Å². The van der Waals surface area contributed by atoms with Gasteiger partial charge >= 0.3 is 6.11 Å². The van der Waals surface area contributed by atoms with Crippen LogP contribution in [0.15, 0.2) is 30.3 Å². The molecule has 1 aliphatic rings. The molecule has 0 amide bonds. The zero-order valence-corrected chi connectivity index (χ0v) is 16.7. The van der Waals surface area contributed by atoms with Crippen LogP contribution in [-0.4, -0.2) is 25.6 Å². The van der Waals surface area contributed by atoms with Crippen LogP contribution in [0.25, 0.3) is 21.9 Å². The molecular formula is C22H14F8O3. The molecule has 3 aromatic rings. The Morgan fingerprint density at radius 1 is 0.818 bits per heavy atom. The fourth-order valence-corrected chi connectivity index (χ4v) is 3.37. The first-order valence-corrected chi connectivity index (χ1v) is 9.54. The van der Waals surface area contributed by atoms with Crippen LogP contribution in [0.1, 0.15) is 6.92 Å². The Hall–Kier alpha value is -2.92. The summed E-state index contributed by atoms with van der Waals surface area (Å²) in [4.78, 5) is 0. The molecule has 3 aromatic carbocycles. The average Bonchev–Trinajstić information content (AvgIpc) is 2.75. The molecule has 3 nitrogen and oxygen atoms in total. The monoisotopic (exact) mass is 478 g/mol. The number of halogens is 8. The minimum atomic E-state index is -4.16. The van der Waals surface area contributed by atoms with Crippen molar-refractivity contribution in [2.75, 3.05) is 13.2 Å². The van der Waals surface area contributed by atoms with Crippen molar-refractivity contribution in [2.24, 2.45) is 5.92 Å². The van der Waals surface area contributed by atoms with Crippen molar-refractivity contribution < 1.29 is 49.3 Å². The molecule has 1 fully saturated rings. The maximum absolute atomic E-state index is 14.7. The summed E-state index contributed by atoms with van der Waals surface area (Å²) in [7, 11) is 0. The summed E-state index contributed by atoms with van der Waals surface area (Å²) in [6.45, 7) is 1.58. The fourth-order valence-electron chi connectivity index (χ4n) is 3.37. The van der Waals surface area contributed by atoms with Crippen molar-refractivity contribution in [3.05, 3.63) is 65.2 Å². The van der Waals surface area contributed by atoms with Crippen LogP contribution >= 0.6 is 0 Å². The smallest absolute Gasteiger partial charge is 0.426 e. The van der Waals surface area contributed by atoms with E-state index >= 15 is 0 Å². The van der Waals surface area contributed by atoms with Gasteiger partial charge in [0.05, 0.1) is 18.6 Å². The van der Waals surface area contributed by atoms with E-state index in [0.29, 0.717) is 18.2 Å². The Bertz CT molecular complexity index is 1220. The zero-order chi connectivity index (χ0) is 24.1. The van der Waals surface area contributed by atoms with Gasteiger partial charge in [-0.3, -0.25) is 0 Å². The summed E-state index contributed by atoms with van der Waals surface area (Å²) in [6, 6.07) is 3.42. The third-order valence-electron chi connectivity index (χ3n) is 4.97. The van der Waals surface area contributed by atoms with Gasteiger partial charge in [-0.25, -0.2) is 22.0 Å². The van der Waals surface area contributed by atoms with Gasteiger partial charge in [-0.1, -0.05) is 6.92 Å². The second kappa shape index (κ2) is 8.45. The standard InChI is InChI=1S/C22H14F8O3/c1-9-7-31-21(32-8-9)22(29,30)33-15-3-2-12(17(25)19(15)27)10-4-11-6-14(24)18(26)20(28)16(11)13(23)5-10/h2-6,9,21H,7-8H2,1H3. The van der Waals surface area contributed by atoms with Gasteiger partial charge in [-0.2, -0.15) is 13.2 Å². The number of alkyl halides is 2. The molecule has 0 N–H and O–H groups in total. The lowest BCUT2D eigenvalue weighted by Crippen LogP contribution is -2.47. The van der Waals surface area contributed by atoms with Gasteiger partial charge < -0.3 is 14.2 Å². The third kappa shape index (κ3) is 4.22. The molecule has 1 saturated heterocycles. The number of benzene rings is 3. The number of rotatable bonds is 4. The van der Waals surface area contributed by atoms with Crippen molar-refractivity contribution in [1.82, 2.24) is 0 Å². The average molecular weight is 478 g/mol. The number of hydrogen-bond donors (Lipinski definition) is 0. The molecule has 176 valence electrons. The summed E-state index contributed by atoms with van der Waals surface area (Å²) in [5.41, 5.74) is -0.999. The van der Waals surface area contributed by atoms with Gasteiger partial charge in [0.1, 0.15) is 5.82 Å². The Morgan fingerprint density at radius 2 is 1.48 bits per heavy atom. The maximum atomic E-state index is 14.7. The van der Waals surface area contributed by atoms with E-state index in [1.807, 2.05) is 0 Å². The zero-order valence-electron chi connectivity index (χ0n) is 16.7. The molecule has 1 heterocycles. The van der Waals surface area contributed by atoms with Crippen molar-refractivity contribution >= 4 is 10.8 Å². The number of fused-ring (bicyclic) bond motifs is 1. The highest BCUT2D eigenvalue weighted by molar-refractivity contribution is 5.88. The minimum Gasteiger partial charge on any atom is -0.426 e. The highest BCUT2D eigenvalue weighted by Gasteiger charge is 2.47. The second-order valence-electron chi connectivity index (χ2n) is 7.55. The molecule has 11 heteroatoms. The molecule has 0 saturated carbocycles. The van der Waals surface area contributed by atoms with Crippen LogP contribution in [0, 0.1) is 40.8 Å². The van der Waals surface area contributed by atoms with Gasteiger partial charge in [0.25, 0.3) is 6.29 Å². The lowest BCUT2D eigenvalue weighted by Gasteiger charge is -2.32. The Labute approximate surface area is 181 Å². The molecule has 0 unspecified atom stereocenters. The van der Waals surface area contributed by atoms with E-state index in [2.05, 4.69) is 4.74 Å². The SMILES string of the molecule is CC1COC(C(F)(F)Oc2ccc(-c3cc(F)c4c(F)c(F)c(F)cc4c3)c(F)c2F)OC1. The summed E-state index contributed by atoms with van der Waals surface area (Å²) >= 11 is 0. The van der Waals surface area contributed by atoms with Crippen LogP contribution in [-0.2, 0) is 9.47 Å². The van der Waals surface area contributed by atoms with Crippen LogP contribution in [0.2, 0.25) is 0 Å². The summed E-state index contributed by atoms with van der Waals surface area (Å²) in [6.07, 6.45) is -6.31. The van der Waals surface area contributed by atoms with Gasteiger partial charge in [-0.15, -0.1) is 0 Å². The van der Waals surface area contributed by atoms with Crippen molar-refractivity contribution in [2.45, 2.75) is 19.3 Å². The predicted octanol–water partition coefficient (Wildman–Crippen LogP) is 6.32.